The number of ether oxygens (including phenoxy) is 3. The van der Waals surface area contributed by atoms with Crippen LogP contribution < -0.4 is 0 Å². The maximum Gasteiger partial charge on any atom is 0.302 e. The summed E-state index contributed by atoms with van der Waals surface area (Å²) in [7, 11) is 0. The molecule has 4 nitrogen and oxygen atoms in total. The number of hydrogen-bond donors (Lipinski definition) is 0. The van der Waals surface area contributed by atoms with Crippen LogP contribution in [-0.4, -0.2) is 51.0 Å². The third kappa shape index (κ3) is 5.20. The molecule has 0 N–H and O–H groups in total. The van der Waals surface area contributed by atoms with Gasteiger partial charge in [-0.2, -0.15) is 0 Å². The number of carbonyl (C=O) groups is 1. The van der Waals surface area contributed by atoms with Gasteiger partial charge in [0.05, 0.1) is 29.2 Å². The highest BCUT2D eigenvalue weighted by atomic mass is 79.9. The predicted octanol–water partition coefficient (Wildman–Crippen LogP) is 3.96. The molecule has 2 fully saturated rings. The Balaban J connectivity index is 2.19. The van der Waals surface area contributed by atoms with Crippen LogP contribution in [0.15, 0.2) is 0 Å². The van der Waals surface area contributed by atoms with Crippen molar-refractivity contribution >= 4 is 53.8 Å². The van der Waals surface area contributed by atoms with Crippen molar-refractivity contribution in [2.45, 2.75) is 84.5 Å². The Kier molecular flexibility index (Phi) is 8.07. The molecule has 0 aromatic carbocycles. The fourth-order valence-corrected chi connectivity index (χ4v) is 4.63. The zero-order valence-corrected chi connectivity index (χ0v) is 18.5. The lowest BCUT2D eigenvalue weighted by atomic mass is 9.96. The summed E-state index contributed by atoms with van der Waals surface area (Å²) in [5.41, 5.74) is 0. The fraction of sp³-hybridized carbons (Fsp3) is 0.824. The van der Waals surface area contributed by atoms with Gasteiger partial charge in [0.15, 0.2) is 0 Å². The molecule has 0 bridgehead atoms. The summed E-state index contributed by atoms with van der Waals surface area (Å²) in [6, 6.07) is 0. The lowest BCUT2D eigenvalue weighted by molar-refractivity contribution is -0.152. The molecule has 0 aliphatic carbocycles. The summed E-state index contributed by atoms with van der Waals surface area (Å²) in [5, 5.41) is 0. The van der Waals surface area contributed by atoms with Gasteiger partial charge in [0, 0.05) is 24.6 Å². The van der Waals surface area contributed by atoms with Gasteiger partial charge >= 0.3 is 5.97 Å². The second-order valence-electron chi connectivity index (χ2n) is 6.29. The van der Waals surface area contributed by atoms with E-state index in [0.717, 1.165) is 19.3 Å². The van der Waals surface area contributed by atoms with Crippen LogP contribution in [0.5, 0.6) is 0 Å². The Hall–Kier alpha value is 0.390. The highest BCUT2D eigenvalue weighted by molar-refractivity contribution is 9.10. The molecule has 0 spiro atoms. The molecule has 0 amide bonds. The predicted molar refractivity (Wildman–Crippen MR) is 104 cm³/mol. The second kappa shape index (κ2) is 9.36. The van der Waals surface area contributed by atoms with E-state index in [2.05, 4.69) is 60.6 Å². The number of hydrogen-bond acceptors (Lipinski definition) is 4. The molecule has 24 heavy (non-hydrogen) atoms. The molecule has 0 aromatic rings. The summed E-state index contributed by atoms with van der Waals surface area (Å²) in [6.45, 7) is 3.56. The Labute approximate surface area is 169 Å². The van der Waals surface area contributed by atoms with Crippen molar-refractivity contribution in [3.8, 4) is 12.3 Å². The van der Waals surface area contributed by atoms with Gasteiger partial charge in [0.25, 0.3) is 0 Å². The SMILES string of the molecule is C#C[C@@H](Br)[C@H]1C[C@H]2O[C@@H]([C@@H](Br)CC)C[C@H](Br)[C@H](OC(C)=O)C[C@H]2O1. The largest absolute Gasteiger partial charge is 0.461 e. The van der Waals surface area contributed by atoms with Crippen LogP contribution in [0.3, 0.4) is 0 Å². The molecule has 8 atom stereocenters. The molecule has 136 valence electrons. The number of rotatable bonds is 4. The minimum atomic E-state index is -0.276. The van der Waals surface area contributed by atoms with Crippen molar-refractivity contribution < 1.29 is 19.0 Å². The van der Waals surface area contributed by atoms with Crippen molar-refractivity contribution in [1.29, 1.82) is 0 Å². The van der Waals surface area contributed by atoms with E-state index in [0.29, 0.717) is 6.42 Å². The number of carbonyl (C=O) groups excluding carboxylic acids is 1. The third-order valence-corrected chi connectivity index (χ3v) is 7.55. The molecule has 2 rings (SSSR count). The monoisotopic (exact) mass is 528 g/mol. The van der Waals surface area contributed by atoms with Gasteiger partial charge in [-0.05, 0) is 12.8 Å². The molecule has 0 aromatic heterocycles. The summed E-state index contributed by atoms with van der Waals surface area (Å²) in [4.78, 5) is 11.6. The maximum absolute atomic E-state index is 11.5. The molecule has 7 heteroatoms. The van der Waals surface area contributed by atoms with Crippen molar-refractivity contribution in [3.63, 3.8) is 0 Å². The van der Waals surface area contributed by atoms with Gasteiger partial charge in [-0.15, -0.1) is 6.42 Å². The van der Waals surface area contributed by atoms with Gasteiger partial charge in [0.2, 0.25) is 0 Å². The first-order valence-electron chi connectivity index (χ1n) is 8.22. The Morgan fingerprint density at radius 3 is 2.46 bits per heavy atom. The summed E-state index contributed by atoms with van der Waals surface area (Å²) >= 11 is 10.9. The summed E-state index contributed by atoms with van der Waals surface area (Å²) in [6.07, 6.45) is 8.09. The van der Waals surface area contributed by atoms with Gasteiger partial charge in [-0.3, -0.25) is 4.79 Å². The van der Waals surface area contributed by atoms with Gasteiger partial charge in [0.1, 0.15) is 10.9 Å². The van der Waals surface area contributed by atoms with Crippen molar-refractivity contribution in [2.75, 3.05) is 0 Å². The van der Waals surface area contributed by atoms with Gasteiger partial charge in [-0.25, -0.2) is 0 Å². The standard InChI is InChI=1S/C17H23Br3O4/c1-4-10(18)13-6-12(20)15(22-9(3)21)8-17-16(23-13)7-14(24-17)11(19)5-2/h2,10-17H,4,6-8H2,1,3H3/t10-,11+,12-,13+,14+,15+,16+,17+/m0/s1. The first-order valence-corrected chi connectivity index (χ1v) is 11.0. The lowest BCUT2D eigenvalue weighted by Crippen LogP contribution is -2.44. The Bertz CT molecular complexity index is 481. The average Bonchev–Trinajstić information content (AvgIpc) is 2.92. The van der Waals surface area contributed by atoms with E-state index >= 15 is 0 Å². The first-order chi connectivity index (χ1) is 11.3. The van der Waals surface area contributed by atoms with Crippen LogP contribution in [0, 0.1) is 12.3 Å². The molecule has 0 radical (unpaired) electrons. The van der Waals surface area contributed by atoms with Gasteiger partial charge in [-0.1, -0.05) is 60.6 Å². The molecule has 0 unspecified atom stereocenters. The third-order valence-electron chi connectivity index (χ3n) is 4.50. The van der Waals surface area contributed by atoms with E-state index in [1.165, 1.54) is 6.92 Å². The molecule has 0 saturated carbocycles. The van der Waals surface area contributed by atoms with Crippen molar-refractivity contribution in [2.24, 2.45) is 0 Å². The van der Waals surface area contributed by atoms with Crippen LogP contribution in [0.4, 0.5) is 0 Å². The normalized spacial score (nSPS) is 39.0. The average molecular weight is 531 g/mol. The zero-order valence-electron chi connectivity index (χ0n) is 13.8. The smallest absolute Gasteiger partial charge is 0.302 e. The molecule has 2 aliphatic rings. The van der Waals surface area contributed by atoms with E-state index in [4.69, 9.17) is 20.6 Å². The minimum Gasteiger partial charge on any atom is -0.461 e. The molecular weight excluding hydrogens is 508 g/mol. The molecule has 2 aliphatic heterocycles. The minimum absolute atomic E-state index is 0.0206. The second-order valence-corrected chi connectivity index (χ2v) is 9.63. The zero-order chi connectivity index (χ0) is 17.9. The van der Waals surface area contributed by atoms with Crippen LogP contribution in [0.1, 0.15) is 39.5 Å². The van der Waals surface area contributed by atoms with E-state index in [1.807, 2.05) is 0 Å². The number of esters is 1. The van der Waals surface area contributed by atoms with Crippen molar-refractivity contribution in [1.82, 2.24) is 0 Å². The molecule has 2 heterocycles. The first kappa shape index (κ1) is 20.7. The summed E-state index contributed by atoms with van der Waals surface area (Å²) < 4.78 is 18.1. The quantitative estimate of drug-likeness (QED) is 0.314. The van der Waals surface area contributed by atoms with E-state index < -0.39 is 0 Å². The van der Waals surface area contributed by atoms with Crippen LogP contribution >= 0.6 is 47.8 Å². The highest BCUT2D eigenvalue weighted by Crippen LogP contribution is 2.38. The van der Waals surface area contributed by atoms with E-state index in [-0.39, 0.29) is 51.0 Å². The Morgan fingerprint density at radius 1 is 1.25 bits per heavy atom. The maximum atomic E-state index is 11.5. The van der Waals surface area contributed by atoms with Crippen molar-refractivity contribution in [3.05, 3.63) is 0 Å². The van der Waals surface area contributed by atoms with E-state index in [9.17, 15) is 4.79 Å². The van der Waals surface area contributed by atoms with Crippen LogP contribution in [-0.2, 0) is 19.0 Å². The highest BCUT2D eigenvalue weighted by Gasteiger charge is 2.45. The number of halogens is 3. The summed E-state index contributed by atoms with van der Waals surface area (Å²) in [5.74, 6) is 2.40. The topological polar surface area (TPSA) is 44.8 Å². The van der Waals surface area contributed by atoms with E-state index in [1.54, 1.807) is 0 Å². The number of fused-ring (bicyclic) bond motifs is 1. The lowest BCUT2D eigenvalue weighted by Gasteiger charge is -2.36. The fourth-order valence-electron chi connectivity index (χ4n) is 3.26. The Morgan fingerprint density at radius 2 is 1.88 bits per heavy atom. The van der Waals surface area contributed by atoms with Gasteiger partial charge < -0.3 is 14.2 Å². The van der Waals surface area contributed by atoms with Crippen LogP contribution in [0.2, 0.25) is 0 Å². The van der Waals surface area contributed by atoms with Crippen LogP contribution in [0.25, 0.3) is 0 Å². The molecule has 2 saturated heterocycles. The number of alkyl halides is 3. The number of terminal acetylenes is 1. The molecular formula is C17H23Br3O4.